The zero-order chi connectivity index (χ0) is 17.1. The van der Waals surface area contributed by atoms with Crippen LogP contribution in [0.3, 0.4) is 0 Å². The quantitative estimate of drug-likeness (QED) is 0.838. The normalized spacial score (nSPS) is 18.5. The molecule has 2 fully saturated rings. The summed E-state index contributed by atoms with van der Waals surface area (Å²) in [6, 6.07) is 5.81. The Morgan fingerprint density at radius 1 is 1.21 bits per heavy atom. The van der Waals surface area contributed by atoms with Gasteiger partial charge in [0.15, 0.2) is 0 Å². The number of fused-ring (bicyclic) bond motifs is 1. The molecule has 0 unspecified atom stereocenters. The lowest BCUT2D eigenvalue weighted by atomic mass is 9.89. The van der Waals surface area contributed by atoms with E-state index in [4.69, 9.17) is 0 Å². The highest BCUT2D eigenvalue weighted by Gasteiger charge is 2.49. The van der Waals surface area contributed by atoms with Crippen LogP contribution in [0.15, 0.2) is 18.2 Å². The molecule has 24 heavy (non-hydrogen) atoms. The topological polar surface area (TPSA) is 74.3 Å². The fourth-order valence-electron chi connectivity index (χ4n) is 3.82. The number of aromatic nitrogens is 1. The van der Waals surface area contributed by atoms with Gasteiger partial charge in [0, 0.05) is 30.7 Å². The summed E-state index contributed by atoms with van der Waals surface area (Å²) in [6.07, 6.45) is 0. The van der Waals surface area contributed by atoms with E-state index in [0.29, 0.717) is 25.2 Å². The van der Waals surface area contributed by atoms with Gasteiger partial charge in [0.25, 0.3) is 5.91 Å². The van der Waals surface area contributed by atoms with Crippen LogP contribution < -0.4 is 10.6 Å². The maximum Gasteiger partial charge on any atom is 0.315 e. The minimum Gasteiger partial charge on any atom is -0.336 e. The Morgan fingerprint density at radius 3 is 2.62 bits per heavy atom. The van der Waals surface area contributed by atoms with Crippen LogP contribution in [0, 0.1) is 20.8 Å². The molecule has 0 aliphatic carbocycles. The largest absolute Gasteiger partial charge is 0.336 e. The Morgan fingerprint density at radius 2 is 1.96 bits per heavy atom. The number of rotatable bonds is 1. The van der Waals surface area contributed by atoms with Gasteiger partial charge < -0.3 is 15.5 Å². The molecule has 2 N–H and O–H groups in total. The summed E-state index contributed by atoms with van der Waals surface area (Å²) >= 11 is 0. The molecular weight excluding hydrogens is 304 g/mol. The molecule has 4 rings (SSSR count). The van der Waals surface area contributed by atoms with Crippen LogP contribution in [0.2, 0.25) is 0 Å². The van der Waals surface area contributed by atoms with E-state index >= 15 is 0 Å². The van der Waals surface area contributed by atoms with Crippen molar-refractivity contribution in [1.29, 1.82) is 0 Å². The van der Waals surface area contributed by atoms with Gasteiger partial charge in [-0.05, 0) is 44.0 Å². The Hall–Kier alpha value is -2.63. The number of hydrogen-bond donors (Lipinski definition) is 2. The highest BCUT2D eigenvalue weighted by atomic mass is 16.2. The average molecular weight is 324 g/mol. The number of carbonyl (C=O) groups is 2. The fourth-order valence-corrected chi connectivity index (χ4v) is 3.82. The van der Waals surface area contributed by atoms with Crippen molar-refractivity contribution in [2.75, 3.05) is 19.6 Å². The first kappa shape index (κ1) is 14.9. The number of benzene rings is 1. The third kappa shape index (κ3) is 2.21. The number of hydrogen-bond acceptors (Lipinski definition) is 3. The van der Waals surface area contributed by atoms with Crippen LogP contribution in [0.25, 0.3) is 10.9 Å². The Balaban J connectivity index is 1.69. The van der Waals surface area contributed by atoms with Crippen LogP contribution in [-0.2, 0) is 0 Å². The summed E-state index contributed by atoms with van der Waals surface area (Å²) in [4.78, 5) is 30.8. The maximum absolute atomic E-state index is 13.0. The second-order valence-electron chi connectivity index (χ2n) is 7.04. The van der Waals surface area contributed by atoms with Crippen molar-refractivity contribution < 1.29 is 9.59 Å². The number of urea groups is 1. The molecule has 0 saturated carbocycles. The Bertz CT molecular complexity index is 879. The van der Waals surface area contributed by atoms with Crippen molar-refractivity contribution in [1.82, 2.24) is 20.5 Å². The number of nitrogens with one attached hydrogen (secondary N) is 2. The van der Waals surface area contributed by atoms with Crippen molar-refractivity contribution in [3.8, 4) is 0 Å². The summed E-state index contributed by atoms with van der Waals surface area (Å²) in [5.41, 5.74) is 4.30. The SMILES string of the molecule is Cc1cc(C)c2c(C(=O)N3CC4(CNC(=O)N4)C3)cc(C)nc2c1. The van der Waals surface area contributed by atoms with Gasteiger partial charge in [-0.15, -0.1) is 0 Å². The summed E-state index contributed by atoms with van der Waals surface area (Å²) in [7, 11) is 0. The van der Waals surface area contributed by atoms with Crippen molar-refractivity contribution >= 4 is 22.8 Å². The first-order valence-electron chi connectivity index (χ1n) is 8.11. The summed E-state index contributed by atoms with van der Waals surface area (Å²) in [5.74, 6) is 0.00391. The van der Waals surface area contributed by atoms with E-state index in [2.05, 4.69) is 21.7 Å². The van der Waals surface area contributed by atoms with Crippen molar-refractivity contribution in [2.45, 2.75) is 26.3 Å². The second-order valence-corrected chi connectivity index (χ2v) is 7.04. The minimum atomic E-state index is -0.295. The molecule has 6 nitrogen and oxygen atoms in total. The summed E-state index contributed by atoms with van der Waals surface area (Å²) in [5, 5.41) is 6.60. The molecule has 0 radical (unpaired) electrons. The van der Waals surface area contributed by atoms with E-state index < -0.39 is 0 Å². The third-order valence-corrected chi connectivity index (χ3v) is 4.85. The number of likely N-dealkylation sites (tertiary alicyclic amines) is 1. The first-order chi connectivity index (χ1) is 11.4. The molecular formula is C18H20N4O2. The highest BCUT2D eigenvalue weighted by molar-refractivity contribution is 6.08. The van der Waals surface area contributed by atoms with E-state index in [1.165, 1.54) is 0 Å². The lowest BCUT2D eigenvalue weighted by Crippen LogP contribution is -2.70. The van der Waals surface area contributed by atoms with Gasteiger partial charge >= 0.3 is 6.03 Å². The van der Waals surface area contributed by atoms with E-state index in [-0.39, 0.29) is 17.5 Å². The number of pyridine rings is 1. The van der Waals surface area contributed by atoms with E-state index in [9.17, 15) is 9.59 Å². The fraction of sp³-hybridized carbons (Fsp3) is 0.389. The molecule has 2 aliphatic rings. The third-order valence-electron chi connectivity index (χ3n) is 4.85. The molecule has 2 saturated heterocycles. The van der Waals surface area contributed by atoms with Crippen LogP contribution >= 0.6 is 0 Å². The van der Waals surface area contributed by atoms with E-state index in [0.717, 1.165) is 27.7 Å². The second kappa shape index (κ2) is 4.93. The van der Waals surface area contributed by atoms with Gasteiger partial charge in [-0.2, -0.15) is 0 Å². The van der Waals surface area contributed by atoms with Crippen molar-refractivity contribution in [3.05, 3.63) is 40.6 Å². The molecule has 0 bridgehead atoms. The molecule has 1 aromatic heterocycles. The smallest absolute Gasteiger partial charge is 0.315 e. The highest BCUT2D eigenvalue weighted by Crippen LogP contribution is 2.29. The summed E-state index contributed by atoms with van der Waals surface area (Å²) in [6.45, 7) is 7.61. The zero-order valence-corrected chi connectivity index (χ0v) is 14.1. The standard InChI is InChI=1S/C18H20N4O2/c1-10-4-11(2)15-13(6-12(3)20-14(15)5-10)16(23)22-8-18(9-22)7-19-17(24)21-18/h4-6H,7-9H2,1-3H3,(H2,19,21,24). The molecule has 2 aromatic rings. The number of aryl methyl sites for hydroxylation is 3. The number of carbonyl (C=O) groups excluding carboxylic acids is 2. The first-order valence-corrected chi connectivity index (χ1v) is 8.11. The Labute approximate surface area is 140 Å². The molecule has 0 atom stereocenters. The monoisotopic (exact) mass is 324 g/mol. The van der Waals surface area contributed by atoms with Gasteiger partial charge in [-0.1, -0.05) is 6.07 Å². The number of amides is 3. The van der Waals surface area contributed by atoms with Crippen LogP contribution in [0.1, 0.15) is 27.2 Å². The van der Waals surface area contributed by atoms with Gasteiger partial charge in [0.05, 0.1) is 16.6 Å². The molecule has 2 aliphatic heterocycles. The van der Waals surface area contributed by atoms with Crippen molar-refractivity contribution in [3.63, 3.8) is 0 Å². The minimum absolute atomic E-state index is 0.00391. The molecule has 3 amide bonds. The molecule has 3 heterocycles. The van der Waals surface area contributed by atoms with Crippen LogP contribution in [0.5, 0.6) is 0 Å². The Kier molecular flexibility index (Phi) is 3.07. The molecule has 6 heteroatoms. The molecule has 1 aromatic carbocycles. The van der Waals surface area contributed by atoms with Crippen LogP contribution in [0.4, 0.5) is 4.79 Å². The van der Waals surface area contributed by atoms with E-state index in [1.807, 2.05) is 32.9 Å². The van der Waals surface area contributed by atoms with Gasteiger partial charge in [-0.3, -0.25) is 9.78 Å². The van der Waals surface area contributed by atoms with Gasteiger partial charge in [-0.25, -0.2) is 4.79 Å². The molecule has 1 spiro atoms. The van der Waals surface area contributed by atoms with Crippen LogP contribution in [-0.4, -0.2) is 47.0 Å². The lowest BCUT2D eigenvalue weighted by molar-refractivity contribution is 0.0399. The lowest BCUT2D eigenvalue weighted by Gasteiger charge is -2.47. The van der Waals surface area contributed by atoms with Crippen molar-refractivity contribution in [2.24, 2.45) is 0 Å². The van der Waals surface area contributed by atoms with Gasteiger partial charge in [0.1, 0.15) is 0 Å². The predicted molar refractivity (Wildman–Crippen MR) is 91.1 cm³/mol. The predicted octanol–water partition coefficient (Wildman–Crippen LogP) is 1.67. The number of nitrogens with zero attached hydrogens (tertiary/aromatic N) is 2. The van der Waals surface area contributed by atoms with Gasteiger partial charge in [0.2, 0.25) is 0 Å². The maximum atomic E-state index is 13.0. The molecule has 124 valence electrons. The average Bonchev–Trinajstić information content (AvgIpc) is 2.85. The summed E-state index contributed by atoms with van der Waals surface area (Å²) < 4.78 is 0. The van der Waals surface area contributed by atoms with E-state index in [1.54, 1.807) is 4.90 Å². The zero-order valence-electron chi connectivity index (χ0n) is 14.1.